The summed E-state index contributed by atoms with van der Waals surface area (Å²) in [5.74, 6) is 1.55. The van der Waals surface area contributed by atoms with E-state index in [0.29, 0.717) is 0 Å². The summed E-state index contributed by atoms with van der Waals surface area (Å²) in [6, 6.07) is 26.5. The largest absolute Gasteiger partial charge is 0.330 e. The quantitative estimate of drug-likeness (QED) is 0.584. The van der Waals surface area contributed by atoms with Gasteiger partial charge in [-0.15, -0.1) is 0 Å². The van der Waals surface area contributed by atoms with Crippen LogP contribution < -0.4 is 5.73 Å². The van der Waals surface area contributed by atoms with Crippen LogP contribution in [0.3, 0.4) is 0 Å². The molecule has 0 atom stereocenters. The average Bonchev–Trinajstić information content (AvgIpc) is 2.75. The van der Waals surface area contributed by atoms with Crippen LogP contribution in [0.5, 0.6) is 0 Å². The van der Waals surface area contributed by atoms with Gasteiger partial charge in [0, 0.05) is 19.6 Å². The molecule has 0 saturated heterocycles. The highest BCUT2D eigenvalue weighted by Gasteiger charge is 2.22. The maximum absolute atomic E-state index is 5.89. The third-order valence-corrected chi connectivity index (χ3v) is 6.29. The van der Waals surface area contributed by atoms with E-state index in [2.05, 4.69) is 77.7 Å². The van der Waals surface area contributed by atoms with Gasteiger partial charge in [-0.1, -0.05) is 66.7 Å². The molecule has 0 spiro atoms. The second-order valence-corrected chi connectivity index (χ2v) is 8.46. The van der Waals surface area contributed by atoms with Crippen molar-refractivity contribution in [3.8, 4) is 0 Å². The van der Waals surface area contributed by atoms with E-state index in [1.54, 1.807) is 0 Å². The molecular formula is C26H32N2. The highest BCUT2D eigenvalue weighted by Crippen LogP contribution is 2.29. The lowest BCUT2D eigenvalue weighted by atomic mass is 9.82. The molecule has 0 aliphatic heterocycles. The highest BCUT2D eigenvalue weighted by molar-refractivity contribution is 5.82. The Morgan fingerprint density at radius 3 is 2.07 bits per heavy atom. The maximum atomic E-state index is 5.89. The summed E-state index contributed by atoms with van der Waals surface area (Å²) in [5, 5.41) is 2.66. The van der Waals surface area contributed by atoms with Gasteiger partial charge in [-0.3, -0.25) is 4.90 Å². The average molecular weight is 373 g/mol. The fourth-order valence-corrected chi connectivity index (χ4v) is 4.64. The van der Waals surface area contributed by atoms with Gasteiger partial charge >= 0.3 is 0 Å². The minimum atomic E-state index is 0.749. The van der Waals surface area contributed by atoms with E-state index in [1.165, 1.54) is 54.1 Å². The van der Waals surface area contributed by atoms with E-state index < -0.39 is 0 Å². The molecule has 4 rings (SSSR count). The van der Waals surface area contributed by atoms with Crippen molar-refractivity contribution in [3.63, 3.8) is 0 Å². The zero-order chi connectivity index (χ0) is 19.2. The number of nitrogens with two attached hydrogens (primary N) is 1. The molecule has 1 aliphatic rings. The molecule has 0 amide bonds. The van der Waals surface area contributed by atoms with Crippen LogP contribution >= 0.6 is 0 Å². The summed E-state index contributed by atoms with van der Waals surface area (Å²) >= 11 is 0. The molecule has 2 heteroatoms. The van der Waals surface area contributed by atoms with Crippen LogP contribution in [0.2, 0.25) is 0 Å². The van der Waals surface area contributed by atoms with Gasteiger partial charge in [0.05, 0.1) is 0 Å². The van der Waals surface area contributed by atoms with Crippen molar-refractivity contribution in [3.05, 3.63) is 83.9 Å². The van der Waals surface area contributed by atoms with Crippen LogP contribution in [0.25, 0.3) is 10.8 Å². The molecular weight excluding hydrogens is 340 g/mol. The number of nitrogens with zero attached hydrogens (tertiary/aromatic N) is 1. The number of hydrogen-bond donors (Lipinski definition) is 1. The normalized spacial score (nSPS) is 19.9. The zero-order valence-corrected chi connectivity index (χ0v) is 16.8. The van der Waals surface area contributed by atoms with E-state index in [9.17, 15) is 0 Å². The summed E-state index contributed by atoms with van der Waals surface area (Å²) in [6.07, 6.45) is 5.25. The summed E-state index contributed by atoms with van der Waals surface area (Å²) in [6.45, 7) is 4.07. The van der Waals surface area contributed by atoms with Crippen LogP contribution in [-0.2, 0) is 13.1 Å². The molecule has 0 unspecified atom stereocenters. The van der Waals surface area contributed by atoms with Gasteiger partial charge in [-0.25, -0.2) is 0 Å². The van der Waals surface area contributed by atoms with Crippen LogP contribution in [0, 0.1) is 11.8 Å². The Labute approximate surface area is 169 Å². The molecule has 2 nitrogen and oxygen atoms in total. The van der Waals surface area contributed by atoms with Crippen molar-refractivity contribution in [1.82, 2.24) is 4.90 Å². The topological polar surface area (TPSA) is 29.3 Å². The van der Waals surface area contributed by atoms with Crippen molar-refractivity contribution in [2.75, 3.05) is 13.1 Å². The molecule has 1 saturated carbocycles. The lowest BCUT2D eigenvalue weighted by Crippen LogP contribution is -2.32. The molecule has 0 bridgehead atoms. The Hall–Kier alpha value is -2.16. The van der Waals surface area contributed by atoms with Crippen molar-refractivity contribution in [1.29, 1.82) is 0 Å². The first-order valence-corrected chi connectivity index (χ1v) is 10.7. The van der Waals surface area contributed by atoms with E-state index in [4.69, 9.17) is 5.73 Å². The Balaban J connectivity index is 1.48. The molecule has 1 aliphatic carbocycles. The van der Waals surface area contributed by atoms with Crippen LogP contribution in [0.4, 0.5) is 0 Å². The zero-order valence-electron chi connectivity index (χ0n) is 16.8. The first-order valence-electron chi connectivity index (χ1n) is 10.7. The molecule has 1 fully saturated rings. The van der Waals surface area contributed by atoms with Gasteiger partial charge < -0.3 is 5.73 Å². The lowest BCUT2D eigenvalue weighted by Gasteiger charge is -2.32. The van der Waals surface area contributed by atoms with E-state index in [0.717, 1.165) is 31.5 Å². The minimum absolute atomic E-state index is 0.749. The second-order valence-electron chi connectivity index (χ2n) is 8.46. The third-order valence-electron chi connectivity index (χ3n) is 6.29. The smallest absolute Gasteiger partial charge is 0.0237 e. The summed E-state index contributed by atoms with van der Waals surface area (Å²) in [4.78, 5) is 2.65. The Kier molecular flexibility index (Phi) is 6.41. The monoisotopic (exact) mass is 372 g/mol. The van der Waals surface area contributed by atoms with Gasteiger partial charge in [-0.05, 0) is 72.0 Å². The highest BCUT2D eigenvalue weighted by atomic mass is 15.1. The fourth-order valence-electron chi connectivity index (χ4n) is 4.64. The summed E-state index contributed by atoms with van der Waals surface area (Å²) in [7, 11) is 0. The van der Waals surface area contributed by atoms with Crippen LogP contribution in [-0.4, -0.2) is 18.0 Å². The standard InChI is InChI=1S/C26H32N2/c27-17-21-10-12-23(13-11-21)19-28(18-22-6-2-1-3-7-22)20-24-14-15-25-8-4-5-9-26(25)16-24/h1-9,14-16,21,23H,10-13,17-20,27H2. The lowest BCUT2D eigenvalue weighted by molar-refractivity contribution is 0.170. The Bertz CT molecular complexity index is 866. The van der Waals surface area contributed by atoms with E-state index in [-0.39, 0.29) is 0 Å². The van der Waals surface area contributed by atoms with Crippen LogP contribution in [0.15, 0.2) is 72.8 Å². The first kappa shape index (κ1) is 19.2. The van der Waals surface area contributed by atoms with Crippen molar-refractivity contribution < 1.29 is 0 Å². The van der Waals surface area contributed by atoms with E-state index >= 15 is 0 Å². The number of benzene rings is 3. The maximum Gasteiger partial charge on any atom is 0.0237 e. The predicted molar refractivity (Wildman–Crippen MR) is 119 cm³/mol. The fraction of sp³-hybridized carbons (Fsp3) is 0.385. The Morgan fingerprint density at radius 1 is 0.679 bits per heavy atom. The molecule has 3 aromatic carbocycles. The number of fused-ring (bicyclic) bond motifs is 1. The molecule has 2 N–H and O–H groups in total. The van der Waals surface area contributed by atoms with Gasteiger partial charge in [0.15, 0.2) is 0 Å². The molecule has 28 heavy (non-hydrogen) atoms. The summed E-state index contributed by atoms with van der Waals surface area (Å²) in [5.41, 5.74) is 8.70. The third kappa shape index (κ3) is 5.01. The molecule has 146 valence electrons. The molecule has 3 aromatic rings. The second kappa shape index (κ2) is 9.36. The summed E-state index contributed by atoms with van der Waals surface area (Å²) < 4.78 is 0. The predicted octanol–water partition coefficient (Wildman–Crippen LogP) is 5.61. The van der Waals surface area contributed by atoms with Gasteiger partial charge in [-0.2, -0.15) is 0 Å². The van der Waals surface area contributed by atoms with Crippen molar-refractivity contribution in [2.45, 2.75) is 38.8 Å². The molecule has 0 radical (unpaired) electrons. The van der Waals surface area contributed by atoms with Gasteiger partial charge in [0.25, 0.3) is 0 Å². The van der Waals surface area contributed by atoms with Crippen molar-refractivity contribution in [2.24, 2.45) is 17.6 Å². The van der Waals surface area contributed by atoms with Crippen molar-refractivity contribution >= 4 is 10.8 Å². The SMILES string of the molecule is NCC1CCC(CN(Cc2ccccc2)Cc2ccc3ccccc3c2)CC1. The molecule has 0 heterocycles. The first-order chi connectivity index (χ1) is 13.8. The minimum Gasteiger partial charge on any atom is -0.330 e. The number of hydrogen-bond acceptors (Lipinski definition) is 2. The van der Waals surface area contributed by atoms with E-state index in [1.807, 2.05) is 0 Å². The molecule has 0 aromatic heterocycles. The van der Waals surface area contributed by atoms with Gasteiger partial charge in [0.1, 0.15) is 0 Å². The Morgan fingerprint density at radius 2 is 1.32 bits per heavy atom. The number of rotatable bonds is 7. The van der Waals surface area contributed by atoms with Gasteiger partial charge in [0.2, 0.25) is 0 Å². The van der Waals surface area contributed by atoms with Crippen LogP contribution in [0.1, 0.15) is 36.8 Å².